The fourth-order valence-electron chi connectivity index (χ4n) is 1.73. The molecule has 0 amide bonds. The van der Waals surface area contributed by atoms with Crippen molar-refractivity contribution in [2.75, 3.05) is 13.2 Å². The lowest BCUT2D eigenvalue weighted by molar-refractivity contribution is -0.0477. The predicted molar refractivity (Wildman–Crippen MR) is 54.3 cm³/mol. The molecule has 0 radical (unpaired) electrons. The molecule has 0 atom stereocenters. The first-order valence-electron chi connectivity index (χ1n) is 5.30. The van der Waals surface area contributed by atoms with E-state index in [0.717, 1.165) is 12.8 Å². The van der Waals surface area contributed by atoms with E-state index < -0.39 is 5.97 Å². The topological polar surface area (TPSA) is 68.9 Å². The molecule has 1 aliphatic heterocycles. The first kappa shape index (κ1) is 11.2. The molecule has 1 fully saturated rings. The second-order valence-corrected chi connectivity index (χ2v) is 3.63. The number of carbonyl (C=O) groups is 1. The summed E-state index contributed by atoms with van der Waals surface area (Å²) in [7, 11) is 0. The second kappa shape index (κ2) is 5.14. The van der Waals surface area contributed by atoms with Crippen molar-refractivity contribution in [3.8, 4) is 0 Å². The van der Waals surface area contributed by atoms with Crippen molar-refractivity contribution in [2.45, 2.75) is 25.6 Å². The third kappa shape index (κ3) is 2.62. The van der Waals surface area contributed by atoms with Gasteiger partial charge in [0, 0.05) is 6.42 Å². The summed E-state index contributed by atoms with van der Waals surface area (Å²) in [6.45, 7) is 1.29. The second-order valence-electron chi connectivity index (χ2n) is 3.63. The van der Waals surface area contributed by atoms with Crippen molar-refractivity contribution < 1.29 is 23.8 Å². The Balaban J connectivity index is 1.80. The van der Waals surface area contributed by atoms with E-state index in [9.17, 15) is 4.79 Å². The van der Waals surface area contributed by atoms with Crippen LogP contribution < -0.4 is 0 Å². The van der Waals surface area contributed by atoms with Gasteiger partial charge in [-0.05, 0) is 18.9 Å². The number of aryl methyl sites for hydroxylation is 1. The van der Waals surface area contributed by atoms with Gasteiger partial charge in [-0.1, -0.05) is 0 Å². The van der Waals surface area contributed by atoms with Crippen LogP contribution in [0.2, 0.25) is 0 Å². The van der Waals surface area contributed by atoms with Gasteiger partial charge in [0.1, 0.15) is 11.3 Å². The van der Waals surface area contributed by atoms with Gasteiger partial charge >= 0.3 is 5.97 Å². The number of carboxylic acids is 1. The van der Waals surface area contributed by atoms with Gasteiger partial charge in [0.05, 0.1) is 19.5 Å². The number of carboxylic acid groups (broad SMARTS) is 1. The maximum Gasteiger partial charge on any atom is 0.339 e. The Kier molecular flexibility index (Phi) is 3.58. The molecule has 1 aromatic rings. The van der Waals surface area contributed by atoms with Gasteiger partial charge < -0.3 is 19.0 Å². The number of ether oxygens (including phenoxy) is 2. The van der Waals surface area contributed by atoms with E-state index in [1.54, 1.807) is 0 Å². The van der Waals surface area contributed by atoms with Gasteiger partial charge in [-0.25, -0.2) is 4.79 Å². The van der Waals surface area contributed by atoms with Crippen LogP contribution >= 0.6 is 0 Å². The maximum atomic E-state index is 10.8. The highest BCUT2D eigenvalue weighted by Gasteiger charge is 2.17. The van der Waals surface area contributed by atoms with Crippen LogP contribution in [0.15, 0.2) is 16.7 Å². The zero-order chi connectivity index (χ0) is 11.4. The molecule has 0 aromatic carbocycles. The molecule has 16 heavy (non-hydrogen) atoms. The average Bonchev–Trinajstić information content (AvgIpc) is 2.87. The van der Waals surface area contributed by atoms with Crippen LogP contribution in [-0.4, -0.2) is 30.6 Å². The first-order chi connectivity index (χ1) is 7.77. The number of rotatable bonds is 5. The molecule has 5 heteroatoms. The Morgan fingerprint density at radius 1 is 1.44 bits per heavy atom. The van der Waals surface area contributed by atoms with Crippen molar-refractivity contribution in [1.82, 2.24) is 0 Å². The average molecular weight is 226 g/mol. The van der Waals surface area contributed by atoms with E-state index in [1.165, 1.54) is 12.3 Å². The zero-order valence-electron chi connectivity index (χ0n) is 8.85. The van der Waals surface area contributed by atoms with Gasteiger partial charge in [0.15, 0.2) is 6.29 Å². The normalized spacial score (nSPS) is 16.8. The summed E-state index contributed by atoms with van der Waals surface area (Å²) in [5.41, 5.74) is 0.244. The molecule has 1 aromatic heterocycles. The Labute approximate surface area is 93.0 Å². The first-order valence-corrected chi connectivity index (χ1v) is 5.30. The summed E-state index contributed by atoms with van der Waals surface area (Å²) in [6, 6.07) is 1.47. The molecule has 0 saturated carbocycles. The summed E-state index contributed by atoms with van der Waals surface area (Å²) in [4.78, 5) is 10.8. The molecule has 2 heterocycles. The SMILES string of the molecule is O=C(O)c1ccoc1CCCC1OCCO1. The van der Waals surface area contributed by atoms with E-state index >= 15 is 0 Å². The van der Waals surface area contributed by atoms with E-state index in [1.807, 2.05) is 0 Å². The molecule has 1 saturated heterocycles. The molecule has 88 valence electrons. The van der Waals surface area contributed by atoms with Crippen LogP contribution in [0.1, 0.15) is 29.0 Å². The fraction of sp³-hybridized carbons (Fsp3) is 0.545. The van der Waals surface area contributed by atoms with Crippen molar-refractivity contribution in [3.63, 3.8) is 0 Å². The Hall–Kier alpha value is -1.33. The minimum Gasteiger partial charge on any atom is -0.478 e. The molecule has 1 N–H and O–H groups in total. The Bertz CT molecular complexity index is 351. The van der Waals surface area contributed by atoms with Crippen LogP contribution in [0.25, 0.3) is 0 Å². The molecular weight excluding hydrogens is 212 g/mol. The molecule has 0 aliphatic carbocycles. The van der Waals surface area contributed by atoms with Gasteiger partial charge in [0.2, 0.25) is 0 Å². The highest BCUT2D eigenvalue weighted by molar-refractivity contribution is 5.88. The van der Waals surface area contributed by atoms with Crippen molar-refractivity contribution in [2.24, 2.45) is 0 Å². The van der Waals surface area contributed by atoms with Crippen LogP contribution in [0, 0.1) is 0 Å². The van der Waals surface area contributed by atoms with Crippen molar-refractivity contribution >= 4 is 5.97 Å². The minimum absolute atomic E-state index is 0.136. The summed E-state index contributed by atoms with van der Waals surface area (Å²) >= 11 is 0. The summed E-state index contributed by atoms with van der Waals surface area (Å²) < 4.78 is 15.7. The number of furan rings is 1. The lowest BCUT2D eigenvalue weighted by Crippen LogP contribution is -2.08. The smallest absolute Gasteiger partial charge is 0.339 e. The third-order valence-corrected chi connectivity index (χ3v) is 2.51. The maximum absolute atomic E-state index is 10.8. The monoisotopic (exact) mass is 226 g/mol. The van der Waals surface area contributed by atoms with Gasteiger partial charge in [0.25, 0.3) is 0 Å². The minimum atomic E-state index is -0.947. The quantitative estimate of drug-likeness (QED) is 0.827. The standard InChI is InChI=1S/C11H14O5/c12-11(13)8-4-5-14-9(8)2-1-3-10-15-6-7-16-10/h4-5,10H,1-3,6-7H2,(H,12,13). The predicted octanol–water partition coefficient (Wildman–Crippen LogP) is 1.67. The van der Waals surface area contributed by atoms with E-state index in [-0.39, 0.29) is 11.9 Å². The highest BCUT2D eigenvalue weighted by Crippen LogP contribution is 2.16. The summed E-state index contributed by atoms with van der Waals surface area (Å²) in [5.74, 6) is -0.428. The highest BCUT2D eigenvalue weighted by atomic mass is 16.7. The van der Waals surface area contributed by atoms with Crippen LogP contribution in [0.3, 0.4) is 0 Å². The van der Waals surface area contributed by atoms with Gasteiger partial charge in [-0.3, -0.25) is 0 Å². The molecular formula is C11H14O5. The third-order valence-electron chi connectivity index (χ3n) is 2.51. The van der Waals surface area contributed by atoms with Gasteiger partial charge in [-0.15, -0.1) is 0 Å². The molecule has 0 bridgehead atoms. The van der Waals surface area contributed by atoms with Crippen LogP contribution in [-0.2, 0) is 15.9 Å². The van der Waals surface area contributed by atoms with Crippen molar-refractivity contribution in [1.29, 1.82) is 0 Å². The number of hydrogen-bond acceptors (Lipinski definition) is 4. The van der Waals surface area contributed by atoms with Crippen LogP contribution in [0.4, 0.5) is 0 Å². The Morgan fingerprint density at radius 3 is 2.88 bits per heavy atom. The number of aromatic carboxylic acids is 1. The van der Waals surface area contributed by atoms with Gasteiger partial charge in [-0.2, -0.15) is 0 Å². The Morgan fingerprint density at radius 2 is 2.19 bits per heavy atom. The van der Waals surface area contributed by atoms with Crippen molar-refractivity contribution in [3.05, 3.63) is 23.7 Å². The zero-order valence-corrected chi connectivity index (χ0v) is 8.85. The molecule has 2 rings (SSSR count). The lowest BCUT2D eigenvalue weighted by Gasteiger charge is -2.07. The van der Waals surface area contributed by atoms with E-state index in [2.05, 4.69) is 0 Å². The lowest BCUT2D eigenvalue weighted by atomic mass is 10.1. The molecule has 0 spiro atoms. The summed E-state index contributed by atoms with van der Waals surface area (Å²) in [6.07, 6.45) is 3.42. The number of hydrogen-bond donors (Lipinski definition) is 1. The summed E-state index contributed by atoms with van der Waals surface area (Å²) in [5, 5.41) is 8.86. The van der Waals surface area contributed by atoms with Crippen LogP contribution in [0.5, 0.6) is 0 Å². The fourth-order valence-corrected chi connectivity index (χ4v) is 1.73. The molecule has 1 aliphatic rings. The van der Waals surface area contributed by atoms with E-state index in [0.29, 0.717) is 25.4 Å². The molecule has 5 nitrogen and oxygen atoms in total. The largest absolute Gasteiger partial charge is 0.478 e. The van der Waals surface area contributed by atoms with E-state index in [4.69, 9.17) is 19.0 Å². The molecule has 0 unspecified atom stereocenters.